The lowest BCUT2D eigenvalue weighted by Gasteiger charge is -2.02. The van der Waals surface area contributed by atoms with E-state index in [9.17, 15) is 4.39 Å². The van der Waals surface area contributed by atoms with Crippen molar-refractivity contribution >= 4 is 11.8 Å². The molecular weight excluding hydrogens is 197 g/mol. The first-order valence-electron chi connectivity index (χ1n) is 4.92. The Bertz CT molecular complexity index is 248. The molecule has 14 heavy (non-hydrogen) atoms. The summed E-state index contributed by atoms with van der Waals surface area (Å²) in [7, 11) is 0. The van der Waals surface area contributed by atoms with Crippen LogP contribution in [-0.2, 0) is 0 Å². The zero-order valence-corrected chi connectivity index (χ0v) is 9.24. The van der Waals surface area contributed by atoms with Crippen LogP contribution in [0.3, 0.4) is 0 Å². The topological polar surface area (TPSA) is 12.0 Å². The lowest BCUT2D eigenvalue weighted by atomic mass is 10.4. The van der Waals surface area contributed by atoms with Crippen LogP contribution in [0.4, 0.5) is 4.39 Å². The Kier molecular flexibility index (Phi) is 5.64. The Morgan fingerprint density at radius 1 is 1.21 bits per heavy atom. The molecule has 0 saturated carbocycles. The predicted molar refractivity (Wildman–Crippen MR) is 60.3 cm³/mol. The van der Waals surface area contributed by atoms with Gasteiger partial charge in [0.1, 0.15) is 5.82 Å². The minimum Gasteiger partial charge on any atom is -0.316 e. The first-order chi connectivity index (χ1) is 6.83. The van der Waals surface area contributed by atoms with E-state index in [2.05, 4.69) is 12.2 Å². The summed E-state index contributed by atoms with van der Waals surface area (Å²) in [6, 6.07) is 6.64. The molecule has 78 valence electrons. The minimum absolute atomic E-state index is 0.168. The number of benzene rings is 1. The molecular formula is C11H16FNS. The van der Waals surface area contributed by atoms with E-state index >= 15 is 0 Å². The third-order valence-electron chi connectivity index (χ3n) is 1.79. The molecule has 0 atom stereocenters. The van der Waals surface area contributed by atoms with E-state index in [-0.39, 0.29) is 5.82 Å². The van der Waals surface area contributed by atoms with Crippen LogP contribution >= 0.6 is 11.8 Å². The summed E-state index contributed by atoms with van der Waals surface area (Å²) in [5.74, 6) is 0.865. The fourth-order valence-corrected chi connectivity index (χ4v) is 1.88. The van der Waals surface area contributed by atoms with Crippen LogP contribution in [0.5, 0.6) is 0 Å². The van der Waals surface area contributed by atoms with E-state index in [1.165, 1.54) is 18.6 Å². The first kappa shape index (κ1) is 11.5. The summed E-state index contributed by atoms with van der Waals surface area (Å²) in [5, 5.41) is 3.32. The highest BCUT2D eigenvalue weighted by Gasteiger charge is 1.94. The summed E-state index contributed by atoms with van der Waals surface area (Å²) < 4.78 is 12.6. The summed E-state index contributed by atoms with van der Waals surface area (Å²) in [4.78, 5) is 1.13. The third-order valence-corrected chi connectivity index (χ3v) is 2.80. The molecule has 1 aromatic carbocycles. The van der Waals surface area contributed by atoms with Gasteiger partial charge in [0.25, 0.3) is 0 Å². The molecule has 0 heterocycles. The highest BCUT2D eigenvalue weighted by atomic mass is 32.2. The van der Waals surface area contributed by atoms with Gasteiger partial charge in [0, 0.05) is 17.2 Å². The van der Waals surface area contributed by atoms with Crippen LogP contribution in [0.25, 0.3) is 0 Å². The molecule has 0 fully saturated rings. The smallest absolute Gasteiger partial charge is 0.123 e. The Morgan fingerprint density at radius 3 is 2.57 bits per heavy atom. The molecule has 0 aromatic heterocycles. The Labute approximate surface area is 89.1 Å². The van der Waals surface area contributed by atoms with E-state index in [0.29, 0.717) is 0 Å². The van der Waals surface area contributed by atoms with Crippen molar-refractivity contribution in [3.63, 3.8) is 0 Å². The molecule has 0 unspecified atom stereocenters. The third kappa shape index (κ3) is 4.63. The van der Waals surface area contributed by atoms with E-state index in [1.54, 1.807) is 11.8 Å². The predicted octanol–water partition coefficient (Wildman–Crippen LogP) is 2.92. The Hall–Kier alpha value is -0.540. The molecule has 1 rings (SSSR count). The molecule has 3 heteroatoms. The maximum absolute atomic E-state index is 12.6. The summed E-state index contributed by atoms with van der Waals surface area (Å²) >= 11 is 1.75. The molecule has 1 aromatic rings. The van der Waals surface area contributed by atoms with Crippen molar-refractivity contribution in [2.45, 2.75) is 18.2 Å². The number of rotatable bonds is 6. The van der Waals surface area contributed by atoms with Crippen molar-refractivity contribution < 1.29 is 4.39 Å². The zero-order valence-electron chi connectivity index (χ0n) is 8.42. The molecule has 0 aliphatic heterocycles. The first-order valence-corrected chi connectivity index (χ1v) is 5.90. The van der Waals surface area contributed by atoms with Gasteiger partial charge in [0.15, 0.2) is 0 Å². The van der Waals surface area contributed by atoms with Crippen LogP contribution in [0.2, 0.25) is 0 Å². The SMILES string of the molecule is CCCNCCSc1ccc(F)cc1. The van der Waals surface area contributed by atoms with E-state index in [0.717, 1.165) is 23.7 Å². The highest BCUT2D eigenvalue weighted by Crippen LogP contribution is 2.16. The average Bonchev–Trinajstić information content (AvgIpc) is 2.21. The van der Waals surface area contributed by atoms with Crippen molar-refractivity contribution in [3.05, 3.63) is 30.1 Å². The fourth-order valence-electron chi connectivity index (χ4n) is 1.07. The van der Waals surface area contributed by atoms with Gasteiger partial charge in [-0.2, -0.15) is 0 Å². The van der Waals surface area contributed by atoms with Crippen molar-refractivity contribution in [1.29, 1.82) is 0 Å². The number of thioether (sulfide) groups is 1. The largest absolute Gasteiger partial charge is 0.316 e. The molecule has 0 aliphatic rings. The highest BCUT2D eigenvalue weighted by molar-refractivity contribution is 7.99. The quantitative estimate of drug-likeness (QED) is 0.576. The molecule has 0 spiro atoms. The van der Waals surface area contributed by atoms with Crippen LogP contribution in [0, 0.1) is 5.82 Å². The van der Waals surface area contributed by atoms with Gasteiger partial charge >= 0.3 is 0 Å². The van der Waals surface area contributed by atoms with Gasteiger partial charge in [-0.25, -0.2) is 4.39 Å². The number of halogens is 1. The number of hydrogen-bond donors (Lipinski definition) is 1. The van der Waals surface area contributed by atoms with Crippen LogP contribution in [0.1, 0.15) is 13.3 Å². The van der Waals surface area contributed by atoms with Crippen molar-refractivity contribution in [3.8, 4) is 0 Å². The summed E-state index contributed by atoms with van der Waals surface area (Å²) in [5.41, 5.74) is 0. The van der Waals surface area contributed by atoms with Gasteiger partial charge in [-0.05, 0) is 37.2 Å². The van der Waals surface area contributed by atoms with E-state index in [4.69, 9.17) is 0 Å². The maximum Gasteiger partial charge on any atom is 0.123 e. The Balaban J connectivity index is 2.15. The standard InChI is InChI=1S/C11H16FNS/c1-2-7-13-8-9-14-11-5-3-10(12)4-6-11/h3-6,13H,2,7-9H2,1H3. The average molecular weight is 213 g/mol. The van der Waals surface area contributed by atoms with E-state index in [1.807, 2.05) is 12.1 Å². The molecule has 0 amide bonds. The second kappa shape index (κ2) is 6.85. The molecule has 1 nitrogen and oxygen atoms in total. The maximum atomic E-state index is 12.6. The zero-order chi connectivity index (χ0) is 10.2. The summed E-state index contributed by atoms with van der Waals surface area (Å²) in [6.45, 7) is 4.24. The van der Waals surface area contributed by atoms with Crippen molar-refractivity contribution in [2.75, 3.05) is 18.8 Å². The number of hydrogen-bond acceptors (Lipinski definition) is 2. The van der Waals surface area contributed by atoms with Gasteiger partial charge in [0.05, 0.1) is 0 Å². The van der Waals surface area contributed by atoms with Crippen molar-refractivity contribution in [1.82, 2.24) is 5.32 Å². The summed E-state index contributed by atoms with van der Waals surface area (Å²) in [6.07, 6.45) is 1.17. The number of nitrogens with one attached hydrogen (secondary N) is 1. The van der Waals surface area contributed by atoms with Crippen LogP contribution in [-0.4, -0.2) is 18.8 Å². The second-order valence-electron chi connectivity index (χ2n) is 3.05. The van der Waals surface area contributed by atoms with Gasteiger partial charge in [-0.3, -0.25) is 0 Å². The van der Waals surface area contributed by atoms with Crippen molar-refractivity contribution in [2.24, 2.45) is 0 Å². The molecule has 1 N–H and O–H groups in total. The fraction of sp³-hybridized carbons (Fsp3) is 0.455. The molecule has 0 aliphatic carbocycles. The molecule has 0 bridgehead atoms. The van der Waals surface area contributed by atoms with Gasteiger partial charge in [-0.1, -0.05) is 6.92 Å². The normalized spacial score (nSPS) is 10.4. The Morgan fingerprint density at radius 2 is 1.93 bits per heavy atom. The minimum atomic E-state index is -0.168. The van der Waals surface area contributed by atoms with E-state index < -0.39 is 0 Å². The van der Waals surface area contributed by atoms with Gasteiger partial charge < -0.3 is 5.32 Å². The molecule has 0 radical (unpaired) electrons. The van der Waals surface area contributed by atoms with Crippen LogP contribution in [0.15, 0.2) is 29.2 Å². The molecule has 0 saturated heterocycles. The lowest BCUT2D eigenvalue weighted by Crippen LogP contribution is -2.17. The monoisotopic (exact) mass is 213 g/mol. The van der Waals surface area contributed by atoms with Crippen LogP contribution < -0.4 is 5.32 Å². The second-order valence-corrected chi connectivity index (χ2v) is 4.22. The van der Waals surface area contributed by atoms with Gasteiger partial charge in [0.2, 0.25) is 0 Å². The van der Waals surface area contributed by atoms with Gasteiger partial charge in [-0.15, -0.1) is 11.8 Å². The lowest BCUT2D eigenvalue weighted by molar-refractivity contribution is 0.626.